The molecule has 22 heavy (non-hydrogen) atoms. The van der Waals surface area contributed by atoms with Crippen molar-refractivity contribution < 1.29 is 15.3 Å². The number of anilines is 2. The molecule has 1 aromatic carbocycles. The van der Waals surface area contributed by atoms with Crippen molar-refractivity contribution in [3.05, 3.63) is 30.0 Å². The van der Waals surface area contributed by atoms with E-state index in [4.69, 9.17) is 5.73 Å². The summed E-state index contributed by atoms with van der Waals surface area (Å²) in [5.74, 6) is 0.230. The highest BCUT2D eigenvalue weighted by Crippen LogP contribution is 2.33. The van der Waals surface area contributed by atoms with Crippen LogP contribution >= 0.6 is 0 Å². The first-order valence-corrected chi connectivity index (χ1v) is 6.99. The third-order valence-corrected chi connectivity index (χ3v) is 3.75. The first-order chi connectivity index (χ1) is 10.4. The van der Waals surface area contributed by atoms with Gasteiger partial charge in [0, 0.05) is 30.0 Å². The Balaban J connectivity index is 2.00. The largest absolute Gasteiger partial charge is 0.507 e. The lowest BCUT2D eigenvalue weighted by Gasteiger charge is -2.19. The number of hydrogen-bond donors (Lipinski definition) is 4. The molecular formula is C15H18N4O3. The molecule has 1 saturated heterocycles. The molecule has 7 heteroatoms. The van der Waals surface area contributed by atoms with Crippen LogP contribution in [0.25, 0.3) is 11.3 Å². The quantitative estimate of drug-likeness (QED) is 0.629. The molecule has 2 aromatic rings. The number of rotatable bonds is 2. The summed E-state index contributed by atoms with van der Waals surface area (Å²) in [5, 5.41) is 29.4. The highest BCUT2D eigenvalue weighted by atomic mass is 16.3. The van der Waals surface area contributed by atoms with Gasteiger partial charge in [0.15, 0.2) is 0 Å². The van der Waals surface area contributed by atoms with Crippen LogP contribution in [0.2, 0.25) is 0 Å². The molecule has 0 aliphatic carbocycles. The van der Waals surface area contributed by atoms with Crippen molar-refractivity contribution in [1.29, 1.82) is 0 Å². The van der Waals surface area contributed by atoms with Crippen LogP contribution in [-0.2, 0) is 0 Å². The van der Waals surface area contributed by atoms with Gasteiger partial charge in [0.25, 0.3) is 0 Å². The number of nitrogen functional groups attached to an aromatic ring is 1. The van der Waals surface area contributed by atoms with Gasteiger partial charge in [-0.2, -0.15) is 0 Å². The fourth-order valence-electron chi connectivity index (χ4n) is 2.64. The summed E-state index contributed by atoms with van der Waals surface area (Å²) in [6.07, 6.45) is -1.54. The first kappa shape index (κ1) is 14.6. The number of phenols is 1. The average Bonchev–Trinajstić information content (AvgIpc) is 2.78. The van der Waals surface area contributed by atoms with Gasteiger partial charge in [0.1, 0.15) is 5.75 Å². The molecule has 7 nitrogen and oxygen atoms in total. The number of aliphatic hydroxyl groups is 2. The van der Waals surface area contributed by atoms with E-state index in [-0.39, 0.29) is 11.7 Å². The number of aromatic nitrogens is 2. The highest BCUT2D eigenvalue weighted by molar-refractivity contribution is 5.73. The third-order valence-electron chi connectivity index (χ3n) is 3.75. The van der Waals surface area contributed by atoms with Crippen LogP contribution in [0, 0.1) is 6.92 Å². The number of hydrogen-bond acceptors (Lipinski definition) is 7. The number of phenolic OH excluding ortho intramolecular Hbond substituents is 1. The molecule has 0 radical (unpaired) electrons. The second-order valence-corrected chi connectivity index (χ2v) is 5.49. The Kier molecular flexibility index (Phi) is 3.59. The predicted octanol–water partition coefficient (Wildman–Crippen LogP) is 0.282. The molecule has 116 valence electrons. The second-order valence-electron chi connectivity index (χ2n) is 5.49. The number of aromatic hydroxyl groups is 1. The minimum atomic E-state index is -0.769. The van der Waals surface area contributed by atoms with E-state index in [0.29, 0.717) is 30.0 Å². The van der Waals surface area contributed by atoms with Crippen LogP contribution in [0.5, 0.6) is 5.75 Å². The molecule has 0 unspecified atom stereocenters. The zero-order chi connectivity index (χ0) is 15.9. The van der Waals surface area contributed by atoms with Gasteiger partial charge >= 0.3 is 0 Å². The molecule has 0 spiro atoms. The Labute approximate surface area is 127 Å². The molecule has 1 aliphatic heterocycles. The van der Waals surface area contributed by atoms with Crippen molar-refractivity contribution >= 4 is 11.6 Å². The summed E-state index contributed by atoms with van der Waals surface area (Å²) >= 11 is 0. The van der Waals surface area contributed by atoms with Crippen LogP contribution in [0.15, 0.2) is 24.3 Å². The van der Waals surface area contributed by atoms with E-state index in [1.165, 1.54) is 0 Å². The smallest absolute Gasteiger partial charge is 0.220 e. The normalized spacial score (nSPS) is 21.3. The molecule has 5 N–H and O–H groups in total. The van der Waals surface area contributed by atoms with Crippen molar-refractivity contribution in [2.45, 2.75) is 19.1 Å². The second kappa shape index (κ2) is 5.43. The summed E-state index contributed by atoms with van der Waals surface area (Å²) in [5.41, 5.74) is 8.23. The van der Waals surface area contributed by atoms with Crippen LogP contribution in [0.3, 0.4) is 0 Å². The molecule has 1 aromatic heterocycles. The summed E-state index contributed by atoms with van der Waals surface area (Å²) < 4.78 is 0. The van der Waals surface area contributed by atoms with Crippen molar-refractivity contribution in [3.8, 4) is 17.0 Å². The number of nitrogens with zero attached hydrogens (tertiary/aromatic N) is 3. The zero-order valence-electron chi connectivity index (χ0n) is 12.1. The van der Waals surface area contributed by atoms with E-state index in [9.17, 15) is 15.3 Å². The molecule has 3 rings (SSSR count). The number of aryl methyl sites for hydroxylation is 1. The molecule has 1 fully saturated rings. The summed E-state index contributed by atoms with van der Waals surface area (Å²) in [4.78, 5) is 10.0. The van der Waals surface area contributed by atoms with E-state index in [2.05, 4.69) is 9.97 Å². The monoisotopic (exact) mass is 302 g/mol. The number of aliphatic hydroxyl groups excluding tert-OH is 2. The van der Waals surface area contributed by atoms with Gasteiger partial charge in [0.2, 0.25) is 5.95 Å². The SMILES string of the molecule is Cc1cc(-c2cc(N3C[C@H](O)[C@@H](O)C3)ccc2O)nc(N)n1. The van der Waals surface area contributed by atoms with E-state index in [1.807, 2.05) is 4.90 Å². The van der Waals surface area contributed by atoms with Crippen molar-refractivity contribution in [1.82, 2.24) is 9.97 Å². The lowest BCUT2D eigenvalue weighted by Crippen LogP contribution is -2.22. The Hall–Kier alpha value is -2.38. The topological polar surface area (TPSA) is 116 Å². The summed E-state index contributed by atoms with van der Waals surface area (Å²) in [6.45, 7) is 2.49. The number of β-amino-alcohol motifs (C(OH)–C–C–N with tert-alkyl or cyclic N) is 2. The van der Waals surface area contributed by atoms with E-state index >= 15 is 0 Å². The minimum absolute atomic E-state index is 0.0848. The summed E-state index contributed by atoms with van der Waals surface area (Å²) in [7, 11) is 0. The Morgan fingerprint density at radius 2 is 1.82 bits per heavy atom. The van der Waals surface area contributed by atoms with Crippen LogP contribution < -0.4 is 10.6 Å². The predicted molar refractivity (Wildman–Crippen MR) is 82.5 cm³/mol. The molecule has 0 amide bonds. The van der Waals surface area contributed by atoms with Gasteiger partial charge in [0.05, 0.1) is 17.9 Å². The van der Waals surface area contributed by atoms with E-state index < -0.39 is 12.2 Å². The van der Waals surface area contributed by atoms with Crippen LogP contribution in [0.1, 0.15) is 5.69 Å². The van der Waals surface area contributed by atoms with E-state index in [1.54, 1.807) is 31.2 Å². The fourth-order valence-corrected chi connectivity index (χ4v) is 2.64. The maximum atomic E-state index is 10.1. The molecule has 1 aliphatic rings. The first-order valence-electron chi connectivity index (χ1n) is 6.99. The maximum Gasteiger partial charge on any atom is 0.220 e. The average molecular weight is 302 g/mol. The molecule has 0 bridgehead atoms. The lowest BCUT2D eigenvalue weighted by atomic mass is 10.1. The van der Waals surface area contributed by atoms with Crippen molar-refractivity contribution in [3.63, 3.8) is 0 Å². The Morgan fingerprint density at radius 1 is 1.14 bits per heavy atom. The molecule has 2 atom stereocenters. The van der Waals surface area contributed by atoms with Gasteiger partial charge in [-0.15, -0.1) is 0 Å². The maximum absolute atomic E-state index is 10.1. The highest BCUT2D eigenvalue weighted by Gasteiger charge is 2.30. The van der Waals surface area contributed by atoms with Crippen LogP contribution in [0.4, 0.5) is 11.6 Å². The van der Waals surface area contributed by atoms with Gasteiger partial charge in [-0.05, 0) is 31.2 Å². The molecule has 0 saturated carbocycles. The molecule has 2 heterocycles. The third kappa shape index (κ3) is 2.68. The van der Waals surface area contributed by atoms with Crippen molar-refractivity contribution in [2.24, 2.45) is 0 Å². The van der Waals surface area contributed by atoms with Crippen LogP contribution in [-0.4, -0.2) is 50.6 Å². The lowest BCUT2D eigenvalue weighted by molar-refractivity contribution is 0.0572. The zero-order valence-corrected chi connectivity index (χ0v) is 12.1. The minimum Gasteiger partial charge on any atom is -0.507 e. The van der Waals surface area contributed by atoms with Gasteiger partial charge in [-0.3, -0.25) is 0 Å². The number of benzene rings is 1. The fraction of sp³-hybridized carbons (Fsp3) is 0.333. The Bertz CT molecular complexity index is 677. The van der Waals surface area contributed by atoms with Gasteiger partial charge in [-0.25, -0.2) is 9.97 Å². The molecular weight excluding hydrogens is 284 g/mol. The number of nitrogens with two attached hydrogens (primary N) is 1. The summed E-state index contributed by atoms with van der Waals surface area (Å²) in [6, 6.07) is 6.81. The van der Waals surface area contributed by atoms with Gasteiger partial charge in [-0.1, -0.05) is 0 Å². The Morgan fingerprint density at radius 3 is 2.45 bits per heavy atom. The van der Waals surface area contributed by atoms with Gasteiger partial charge < -0.3 is 26.0 Å². The standard InChI is InChI=1S/C15H18N4O3/c1-8-4-11(18-15(16)17-8)10-5-9(2-3-12(10)20)19-6-13(21)14(22)7-19/h2-5,13-14,20-22H,6-7H2,1H3,(H2,16,17,18)/t13-,14-/m0/s1. The van der Waals surface area contributed by atoms with E-state index in [0.717, 1.165) is 5.69 Å². The van der Waals surface area contributed by atoms with Crippen molar-refractivity contribution in [2.75, 3.05) is 23.7 Å².